The van der Waals surface area contributed by atoms with E-state index in [-0.39, 0.29) is 5.11 Å². The van der Waals surface area contributed by atoms with Gasteiger partial charge in [-0.25, -0.2) is 0 Å². The second-order valence-electron chi connectivity index (χ2n) is 4.70. The summed E-state index contributed by atoms with van der Waals surface area (Å²) < 4.78 is 0. The molecule has 3 rings (SSSR count). The molecule has 4 nitrogen and oxygen atoms in total. The fourth-order valence-electron chi connectivity index (χ4n) is 2.30. The van der Waals surface area contributed by atoms with Crippen molar-refractivity contribution in [3.8, 4) is 11.3 Å². The molecule has 0 radical (unpaired) electrons. The zero-order valence-electron chi connectivity index (χ0n) is 11.5. The Morgan fingerprint density at radius 2 is 1.91 bits per heavy atom. The number of hydrogen-bond donors (Lipinski definition) is 3. The number of nitrogens with one attached hydrogen (secondary N) is 2. The molecule has 0 aliphatic carbocycles. The van der Waals surface area contributed by atoms with Gasteiger partial charge in [0.25, 0.3) is 0 Å². The minimum Gasteiger partial charge on any atom is -0.375 e. The molecule has 0 aliphatic rings. The Bertz CT molecular complexity index is 852. The van der Waals surface area contributed by atoms with Crippen LogP contribution < -0.4 is 11.2 Å². The fourth-order valence-corrected chi connectivity index (χ4v) is 2.48. The summed E-state index contributed by atoms with van der Waals surface area (Å²) >= 11 is 10.7. The van der Waals surface area contributed by atoms with Crippen LogP contribution in [-0.4, -0.2) is 16.3 Å². The van der Waals surface area contributed by atoms with Crippen LogP contribution in [-0.2, 0) is 0 Å². The summed E-state index contributed by atoms with van der Waals surface area (Å²) in [5.41, 5.74) is 12.0. The van der Waals surface area contributed by atoms with Crippen molar-refractivity contribution in [1.29, 1.82) is 0 Å². The van der Waals surface area contributed by atoms with Gasteiger partial charge in [0.2, 0.25) is 0 Å². The van der Waals surface area contributed by atoms with Gasteiger partial charge in [0, 0.05) is 21.5 Å². The van der Waals surface area contributed by atoms with Crippen molar-refractivity contribution in [2.45, 2.75) is 0 Å². The Labute approximate surface area is 138 Å². The monoisotopic (exact) mass is 328 g/mol. The molecule has 6 heteroatoms. The number of aromatic amines is 1. The largest absolute Gasteiger partial charge is 0.375 e. The third-order valence-corrected chi connectivity index (χ3v) is 3.59. The van der Waals surface area contributed by atoms with E-state index >= 15 is 0 Å². The van der Waals surface area contributed by atoms with E-state index in [2.05, 4.69) is 15.5 Å². The number of para-hydroxylation sites is 1. The van der Waals surface area contributed by atoms with Gasteiger partial charge >= 0.3 is 0 Å². The zero-order valence-corrected chi connectivity index (χ0v) is 13.1. The van der Waals surface area contributed by atoms with E-state index in [1.807, 2.05) is 48.5 Å². The average Bonchev–Trinajstić information content (AvgIpc) is 2.87. The summed E-state index contributed by atoms with van der Waals surface area (Å²) in [6.07, 6.45) is 1.71. The van der Waals surface area contributed by atoms with Crippen LogP contribution in [0, 0.1) is 0 Å². The van der Waals surface area contributed by atoms with E-state index < -0.39 is 0 Å². The molecule has 4 N–H and O–H groups in total. The van der Waals surface area contributed by atoms with Gasteiger partial charge in [-0.15, -0.1) is 0 Å². The number of benzene rings is 2. The summed E-state index contributed by atoms with van der Waals surface area (Å²) in [7, 11) is 0. The number of aromatic nitrogens is 1. The van der Waals surface area contributed by atoms with Gasteiger partial charge in [0.15, 0.2) is 5.11 Å². The maximum Gasteiger partial charge on any atom is 0.184 e. The van der Waals surface area contributed by atoms with Gasteiger partial charge in [-0.2, -0.15) is 5.10 Å². The third-order valence-electron chi connectivity index (χ3n) is 3.25. The van der Waals surface area contributed by atoms with Crippen LogP contribution in [0.2, 0.25) is 5.02 Å². The highest BCUT2D eigenvalue weighted by molar-refractivity contribution is 7.80. The minimum absolute atomic E-state index is 0.129. The highest BCUT2D eigenvalue weighted by Gasteiger charge is 2.11. The second kappa shape index (κ2) is 6.17. The van der Waals surface area contributed by atoms with Gasteiger partial charge in [0.05, 0.1) is 11.9 Å². The van der Waals surface area contributed by atoms with Crippen molar-refractivity contribution in [2.24, 2.45) is 10.8 Å². The molecule has 0 aliphatic heterocycles. The highest BCUT2D eigenvalue weighted by Crippen LogP contribution is 2.29. The molecule has 0 spiro atoms. The van der Waals surface area contributed by atoms with E-state index in [0.29, 0.717) is 5.02 Å². The number of halogens is 1. The quantitative estimate of drug-likeness (QED) is 0.390. The molecule has 0 atom stereocenters. The van der Waals surface area contributed by atoms with Crippen LogP contribution in [0.3, 0.4) is 0 Å². The highest BCUT2D eigenvalue weighted by atomic mass is 35.5. The first-order valence-corrected chi connectivity index (χ1v) is 7.39. The van der Waals surface area contributed by atoms with Gasteiger partial charge in [0.1, 0.15) is 0 Å². The molecule has 2 aromatic carbocycles. The lowest BCUT2D eigenvalue weighted by Gasteiger charge is -2.01. The second-order valence-corrected chi connectivity index (χ2v) is 5.58. The number of thiocarbonyl (C=S) groups is 1. The van der Waals surface area contributed by atoms with E-state index in [4.69, 9.17) is 29.6 Å². The molecule has 0 unspecified atom stereocenters. The third kappa shape index (κ3) is 2.95. The van der Waals surface area contributed by atoms with Gasteiger partial charge < -0.3 is 10.7 Å². The van der Waals surface area contributed by atoms with E-state index in [1.165, 1.54) is 0 Å². The lowest BCUT2D eigenvalue weighted by atomic mass is 10.1. The van der Waals surface area contributed by atoms with Crippen molar-refractivity contribution < 1.29 is 0 Å². The lowest BCUT2D eigenvalue weighted by Crippen LogP contribution is -2.24. The molecule has 0 saturated carbocycles. The molecule has 0 bridgehead atoms. The summed E-state index contributed by atoms with van der Waals surface area (Å²) in [5, 5.41) is 5.98. The van der Waals surface area contributed by atoms with Crippen LogP contribution >= 0.6 is 23.8 Å². The Kier molecular flexibility index (Phi) is 4.09. The molecule has 110 valence electrons. The summed E-state index contributed by atoms with van der Waals surface area (Å²) in [6.45, 7) is 0. The van der Waals surface area contributed by atoms with Crippen molar-refractivity contribution in [3.05, 3.63) is 59.1 Å². The molecule has 3 aromatic rings. The molecule has 1 aromatic heterocycles. The number of nitrogens with zero attached hydrogens (tertiary/aromatic N) is 1. The van der Waals surface area contributed by atoms with Crippen LogP contribution in [0.5, 0.6) is 0 Å². The van der Waals surface area contributed by atoms with Crippen LogP contribution in [0.1, 0.15) is 5.56 Å². The summed E-state index contributed by atoms with van der Waals surface area (Å²) in [6, 6.07) is 15.7. The van der Waals surface area contributed by atoms with Crippen molar-refractivity contribution in [3.63, 3.8) is 0 Å². The minimum atomic E-state index is 0.129. The Balaban J connectivity index is 2.13. The normalized spacial score (nSPS) is 11.1. The van der Waals surface area contributed by atoms with E-state index in [1.54, 1.807) is 6.21 Å². The van der Waals surface area contributed by atoms with Crippen LogP contribution in [0.15, 0.2) is 53.6 Å². The standard InChI is InChI=1S/C16H13ClN4S/c17-11-7-5-10(6-8-11)15-13(9-19-21-16(18)22)12-3-1-2-4-14(12)20-15/h1-9,20H,(H3,18,21,22)/b19-9+. The smallest absolute Gasteiger partial charge is 0.184 e. The van der Waals surface area contributed by atoms with Gasteiger partial charge in [-0.1, -0.05) is 41.9 Å². The zero-order chi connectivity index (χ0) is 15.5. The van der Waals surface area contributed by atoms with E-state index in [0.717, 1.165) is 27.7 Å². The molecule has 0 amide bonds. The fraction of sp³-hybridized carbons (Fsp3) is 0. The Hall–Kier alpha value is -2.37. The lowest BCUT2D eigenvalue weighted by molar-refractivity contribution is 1.04. The number of H-pyrrole nitrogens is 1. The first kappa shape index (κ1) is 14.6. The Morgan fingerprint density at radius 3 is 2.64 bits per heavy atom. The maximum absolute atomic E-state index is 5.96. The molecular weight excluding hydrogens is 316 g/mol. The predicted octanol–water partition coefficient (Wildman–Crippen LogP) is 3.66. The molecule has 22 heavy (non-hydrogen) atoms. The van der Waals surface area contributed by atoms with Crippen LogP contribution in [0.4, 0.5) is 0 Å². The molecule has 1 heterocycles. The SMILES string of the molecule is NC(=S)N/N=C/c1c(-c2ccc(Cl)cc2)[nH]c2ccccc12. The Morgan fingerprint density at radius 1 is 1.18 bits per heavy atom. The topological polar surface area (TPSA) is 66.2 Å². The van der Waals surface area contributed by atoms with Gasteiger partial charge in [-0.05, 0) is 36.0 Å². The summed E-state index contributed by atoms with van der Waals surface area (Å²) in [4.78, 5) is 3.41. The summed E-state index contributed by atoms with van der Waals surface area (Å²) in [5.74, 6) is 0. The number of hydrazone groups is 1. The first-order valence-electron chi connectivity index (χ1n) is 6.60. The molecule has 0 fully saturated rings. The van der Waals surface area contributed by atoms with Crippen molar-refractivity contribution >= 4 is 46.0 Å². The maximum atomic E-state index is 5.96. The van der Waals surface area contributed by atoms with Crippen LogP contribution in [0.25, 0.3) is 22.2 Å². The number of hydrogen-bond acceptors (Lipinski definition) is 2. The molecular formula is C16H13ClN4S. The number of nitrogens with two attached hydrogens (primary N) is 1. The molecule has 0 saturated heterocycles. The van der Waals surface area contributed by atoms with Crippen molar-refractivity contribution in [2.75, 3.05) is 0 Å². The first-order chi connectivity index (χ1) is 10.6. The number of fused-ring (bicyclic) bond motifs is 1. The van der Waals surface area contributed by atoms with E-state index in [9.17, 15) is 0 Å². The predicted molar refractivity (Wildman–Crippen MR) is 96.3 cm³/mol. The number of rotatable bonds is 3. The van der Waals surface area contributed by atoms with Gasteiger partial charge in [-0.3, -0.25) is 5.43 Å². The average molecular weight is 329 g/mol. The van der Waals surface area contributed by atoms with Crippen molar-refractivity contribution in [1.82, 2.24) is 10.4 Å².